The van der Waals surface area contributed by atoms with Gasteiger partial charge in [0.15, 0.2) is 0 Å². The Bertz CT molecular complexity index is 760. The van der Waals surface area contributed by atoms with Gasteiger partial charge in [-0.05, 0) is 49.1 Å². The summed E-state index contributed by atoms with van der Waals surface area (Å²) >= 11 is 5.89. The molecule has 2 heterocycles. The lowest BCUT2D eigenvalue weighted by Gasteiger charge is -2.35. The molecule has 1 amide bonds. The molecule has 0 bridgehead atoms. The van der Waals surface area contributed by atoms with E-state index < -0.39 is 0 Å². The van der Waals surface area contributed by atoms with E-state index in [1.165, 1.54) is 5.56 Å². The molecule has 6 heteroatoms. The number of amides is 1. The van der Waals surface area contributed by atoms with Crippen LogP contribution < -0.4 is 16.2 Å². The number of halogens is 1. The van der Waals surface area contributed by atoms with Crippen LogP contribution >= 0.6 is 11.6 Å². The van der Waals surface area contributed by atoms with E-state index in [0.29, 0.717) is 22.8 Å². The van der Waals surface area contributed by atoms with Crippen molar-refractivity contribution in [2.24, 2.45) is 0 Å². The van der Waals surface area contributed by atoms with E-state index in [9.17, 15) is 4.79 Å². The molecule has 2 aromatic rings. The van der Waals surface area contributed by atoms with Crippen molar-refractivity contribution in [1.29, 1.82) is 0 Å². The SMILES string of the molecule is O=C(NC1CCN(C2CC(c3ccccc3)NN2)CC1)c1ccc(Cl)cc1. The van der Waals surface area contributed by atoms with Crippen LogP contribution in [-0.2, 0) is 0 Å². The number of hydrogen-bond acceptors (Lipinski definition) is 4. The van der Waals surface area contributed by atoms with Crippen LogP contribution in [0.25, 0.3) is 0 Å². The Morgan fingerprint density at radius 3 is 2.41 bits per heavy atom. The Balaban J connectivity index is 1.26. The van der Waals surface area contributed by atoms with Crippen LogP contribution in [0.4, 0.5) is 0 Å². The summed E-state index contributed by atoms with van der Waals surface area (Å²) in [5.41, 5.74) is 8.83. The molecule has 142 valence electrons. The zero-order chi connectivity index (χ0) is 18.6. The normalized spacial score (nSPS) is 24.0. The van der Waals surface area contributed by atoms with E-state index in [0.717, 1.165) is 32.4 Å². The molecule has 3 N–H and O–H groups in total. The summed E-state index contributed by atoms with van der Waals surface area (Å²) in [6, 6.07) is 18.2. The molecule has 2 aliphatic rings. The molecule has 27 heavy (non-hydrogen) atoms. The molecule has 0 spiro atoms. The van der Waals surface area contributed by atoms with Crippen LogP contribution in [0.5, 0.6) is 0 Å². The summed E-state index contributed by atoms with van der Waals surface area (Å²) in [6.07, 6.45) is 3.32. The number of hydrogen-bond donors (Lipinski definition) is 3. The van der Waals surface area contributed by atoms with Crippen LogP contribution in [0.1, 0.15) is 41.2 Å². The molecular formula is C21H25ClN4O. The van der Waals surface area contributed by atoms with Gasteiger partial charge in [0.25, 0.3) is 5.91 Å². The fourth-order valence-electron chi connectivity index (χ4n) is 3.91. The summed E-state index contributed by atoms with van der Waals surface area (Å²) in [4.78, 5) is 14.8. The van der Waals surface area contributed by atoms with Gasteiger partial charge in [0.2, 0.25) is 0 Å². The Kier molecular flexibility index (Phi) is 5.74. The van der Waals surface area contributed by atoms with Crippen molar-refractivity contribution in [3.63, 3.8) is 0 Å². The Morgan fingerprint density at radius 2 is 1.70 bits per heavy atom. The predicted octanol–water partition coefficient (Wildman–Crippen LogP) is 3.10. The Morgan fingerprint density at radius 1 is 1.00 bits per heavy atom. The molecule has 0 aromatic heterocycles. The van der Waals surface area contributed by atoms with Gasteiger partial charge < -0.3 is 5.32 Å². The van der Waals surface area contributed by atoms with E-state index >= 15 is 0 Å². The first-order valence-electron chi connectivity index (χ1n) is 9.55. The number of hydrazine groups is 1. The first-order valence-corrected chi connectivity index (χ1v) is 9.93. The second-order valence-corrected chi connectivity index (χ2v) is 7.73. The van der Waals surface area contributed by atoms with Gasteiger partial charge in [-0.25, -0.2) is 10.9 Å². The number of carbonyl (C=O) groups excluding carboxylic acids is 1. The van der Waals surface area contributed by atoms with Crippen LogP contribution in [0, 0.1) is 0 Å². The van der Waals surface area contributed by atoms with Gasteiger partial charge in [-0.15, -0.1) is 0 Å². The zero-order valence-corrected chi connectivity index (χ0v) is 16.0. The number of carbonyl (C=O) groups is 1. The van der Waals surface area contributed by atoms with E-state index in [-0.39, 0.29) is 11.9 Å². The number of nitrogens with one attached hydrogen (secondary N) is 3. The maximum absolute atomic E-state index is 12.4. The minimum Gasteiger partial charge on any atom is -0.349 e. The summed E-state index contributed by atoms with van der Waals surface area (Å²) in [6.45, 7) is 1.96. The molecule has 2 unspecified atom stereocenters. The second-order valence-electron chi connectivity index (χ2n) is 7.29. The van der Waals surface area contributed by atoms with Crippen molar-refractivity contribution < 1.29 is 4.79 Å². The van der Waals surface area contributed by atoms with Gasteiger partial charge in [-0.3, -0.25) is 9.69 Å². The zero-order valence-electron chi connectivity index (χ0n) is 15.2. The van der Waals surface area contributed by atoms with Crippen LogP contribution in [0.15, 0.2) is 54.6 Å². The van der Waals surface area contributed by atoms with E-state index in [2.05, 4.69) is 45.3 Å². The van der Waals surface area contributed by atoms with Crippen LogP contribution in [-0.4, -0.2) is 36.1 Å². The summed E-state index contributed by atoms with van der Waals surface area (Å²) < 4.78 is 0. The Hall–Kier alpha value is -1.92. The van der Waals surface area contributed by atoms with Crippen molar-refractivity contribution in [3.8, 4) is 0 Å². The summed E-state index contributed by atoms with van der Waals surface area (Å²) in [5.74, 6) is -0.0186. The van der Waals surface area contributed by atoms with Gasteiger partial charge in [-0.1, -0.05) is 41.9 Å². The lowest BCUT2D eigenvalue weighted by atomic mass is 10.0. The molecule has 0 aliphatic carbocycles. The minimum absolute atomic E-state index is 0.0186. The minimum atomic E-state index is -0.0186. The lowest BCUT2D eigenvalue weighted by Crippen LogP contribution is -2.51. The number of likely N-dealkylation sites (tertiary alicyclic amines) is 1. The van der Waals surface area contributed by atoms with Gasteiger partial charge in [0.1, 0.15) is 0 Å². The maximum atomic E-state index is 12.4. The third kappa shape index (κ3) is 4.50. The molecular weight excluding hydrogens is 360 g/mol. The molecule has 0 saturated carbocycles. The second kappa shape index (κ2) is 8.40. The summed E-state index contributed by atoms with van der Waals surface area (Å²) in [7, 11) is 0. The predicted molar refractivity (Wildman–Crippen MR) is 107 cm³/mol. The average molecular weight is 385 g/mol. The molecule has 4 rings (SSSR count). The van der Waals surface area contributed by atoms with Gasteiger partial charge in [0, 0.05) is 35.8 Å². The van der Waals surface area contributed by atoms with E-state index in [1.54, 1.807) is 24.3 Å². The lowest BCUT2D eigenvalue weighted by molar-refractivity contribution is 0.0880. The van der Waals surface area contributed by atoms with Crippen molar-refractivity contribution in [2.45, 2.75) is 37.5 Å². The first kappa shape index (κ1) is 18.4. The van der Waals surface area contributed by atoms with E-state index in [1.807, 2.05) is 6.07 Å². The monoisotopic (exact) mass is 384 g/mol. The fourth-order valence-corrected chi connectivity index (χ4v) is 4.03. The molecule has 0 radical (unpaired) electrons. The molecule has 5 nitrogen and oxygen atoms in total. The quantitative estimate of drug-likeness (QED) is 0.758. The molecule has 2 aromatic carbocycles. The third-order valence-corrected chi connectivity index (χ3v) is 5.75. The highest BCUT2D eigenvalue weighted by atomic mass is 35.5. The van der Waals surface area contributed by atoms with Crippen molar-refractivity contribution in [3.05, 3.63) is 70.7 Å². The Labute approximate surface area is 165 Å². The highest BCUT2D eigenvalue weighted by molar-refractivity contribution is 6.30. The highest BCUT2D eigenvalue weighted by Gasteiger charge is 2.32. The summed E-state index contributed by atoms with van der Waals surface area (Å²) in [5, 5.41) is 3.80. The van der Waals surface area contributed by atoms with Crippen LogP contribution in [0.3, 0.4) is 0 Å². The van der Waals surface area contributed by atoms with Gasteiger partial charge in [0.05, 0.1) is 6.17 Å². The average Bonchev–Trinajstić information content (AvgIpc) is 3.20. The molecule has 2 aliphatic heterocycles. The molecule has 2 saturated heterocycles. The smallest absolute Gasteiger partial charge is 0.251 e. The fraction of sp³-hybridized carbons (Fsp3) is 0.381. The van der Waals surface area contributed by atoms with E-state index in [4.69, 9.17) is 11.6 Å². The van der Waals surface area contributed by atoms with Crippen molar-refractivity contribution in [2.75, 3.05) is 13.1 Å². The number of rotatable bonds is 4. The highest BCUT2D eigenvalue weighted by Crippen LogP contribution is 2.25. The van der Waals surface area contributed by atoms with Crippen molar-refractivity contribution >= 4 is 17.5 Å². The number of piperidine rings is 1. The topological polar surface area (TPSA) is 56.4 Å². The molecule has 2 fully saturated rings. The van der Waals surface area contributed by atoms with Gasteiger partial charge in [-0.2, -0.15) is 0 Å². The third-order valence-electron chi connectivity index (χ3n) is 5.50. The van der Waals surface area contributed by atoms with Crippen molar-refractivity contribution in [1.82, 2.24) is 21.1 Å². The standard InChI is InChI=1S/C21H25ClN4O/c22-17-8-6-16(7-9-17)21(27)23-18-10-12-26(13-11-18)20-14-19(24-25-20)15-4-2-1-3-5-15/h1-9,18-20,24-25H,10-14H2,(H,23,27). The van der Waals surface area contributed by atoms with Crippen LogP contribution in [0.2, 0.25) is 5.02 Å². The molecule has 2 atom stereocenters. The van der Waals surface area contributed by atoms with Gasteiger partial charge >= 0.3 is 0 Å². The first-order chi connectivity index (χ1) is 13.2. The maximum Gasteiger partial charge on any atom is 0.251 e. The number of benzene rings is 2. The largest absolute Gasteiger partial charge is 0.349 e. The number of nitrogens with zero attached hydrogens (tertiary/aromatic N) is 1.